The average molecular weight is 546 g/mol. The maximum absolute atomic E-state index is 13.8. The van der Waals surface area contributed by atoms with E-state index in [-0.39, 0.29) is 30.0 Å². The third kappa shape index (κ3) is 7.86. The monoisotopic (exact) mass is 545 g/mol. The summed E-state index contributed by atoms with van der Waals surface area (Å²) in [5.74, 6) is -1.55. The number of hydrogen-bond donors (Lipinski definition) is 1. The number of nitrogens with one attached hydrogen (secondary N) is 1. The molecular weight excluding hydrogens is 509 g/mol. The summed E-state index contributed by atoms with van der Waals surface area (Å²) >= 11 is 0. The van der Waals surface area contributed by atoms with Gasteiger partial charge in [-0.15, -0.1) is 0 Å². The zero-order valence-electron chi connectivity index (χ0n) is 22.2. The molecule has 206 valence electrons. The van der Waals surface area contributed by atoms with Crippen LogP contribution in [0.2, 0.25) is 0 Å². The lowest BCUT2D eigenvalue weighted by Gasteiger charge is -2.34. The Morgan fingerprint density at radius 2 is 1.71 bits per heavy atom. The molecule has 2 amide bonds. The lowest BCUT2D eigenvalue weighted by molar-refractivity contribution is -0.140. The molecule has 10 heteroatoms. The van der Waals surface area contributed by atoms with Crippen LogP contribution in [0.5, 0.6) is 0 Å². The molecule has 2 aromatic carbocycles. The molecule has 1 aliphatic carbocycles. The number of amides is 2. The molecule has 3 rings (SSSR count). The minimum absolute atomic E-state index is 0.000788. The Labute approximate surface area is 224 Å². The van der Waals surface area contributed by atoms with Gasteiger partial charge in [-0.25, -0.2) is 12.8 Å². The van der Waals surface area contributed by atoms with Crippen LogP contribution in [0.4, 0.5) is 10.1 Å². The predicted octanol–water partition coefficient (Wildman–Crippen LogP) is 4.05. The highest BCUT2D eigenvalue weighted by atomic mass is 32.2. The summed E-state index contributed by atoms with van der Waals surface area (Å²) in [6, 6.07) is 10.9. The minimum Gasteiger partial charge on any atom is -0.352 e. The molecule has 8 nitrogen and oxygen atoms in total. The van der Waals surface area contributed by atoms with E-state index in [1.807, 2.05) is 0 Å². The van der Waals surface area contributed by atoms with E-state index in [4.69, 9.17) is 0 Å². The molecule has 0 saturated heterocycles. The van der Waals surface area contributed by atoms with Gasteiger partial charge in [0.2, 0.25) is 21.8 Å². The number of ketones is 1. The highest BCUT2D eigenvalue weighted by Gasteiger charge is 2.33. The molecule has 1 saturated carbocycles. The van der Waals surface area contributed by atoms with Crippen LogP contribution in [0.1, 0.15) is 68.3 Å². The van der Waals surface area contributed by atoms with Crippen LogP contribution in [-0.2, 0) is 26.2 Å². The first-order valence-electron chi connectivity index (χ1n) is 12.9. The number of carbonyl (C=O) groups is 3. The van der Waals surface area contributed by atoms with Crippen molar-refractivity contribution in [1.29, 1.82) is 0 Å². The second kappa shape index (κ2) is 13.0. The number of sulfonamides is 1. The fourth-order valence-corrected chi connectivity index (χ4v) is 5.59. The second-order valence-corrected chi connectivity index (χ2v) is 11.7. The normalized spacial score (nSPS) is 14.9. The van der Waals surface area contributed by atoms with Crippen LogP contribution < -0.4 is 9.62 Å². The molecule has 0 heterocycles. The molecule has 0 aliphatic heterocycles. The van der Waals surface area contributed by atoms with Crippen LogP contribution in [0.3, 0.4) is 0 Å². The summed E-state index contributed by atoms with van der Waals surface area (Å²) in [4.78, 5) is 40.4. The first kappa shape index (κ1) is 29.3. The third-order valence-corrected chi connectivity index (χ3v) is 7.96. The van der Waals surface area contributed by atoms with Gasteiger partial charge >= 0.3 is 0 Å². The smallest absolute Gasteiger partial charge is 0.244 e. The Morgan fingerprint density at radius 3 is 2.29 bits per heavy atom. The molecule has 0 unspecified atom stereocenters. The van der Waals surface area contributed by atoms with Gasteiger partial charge in [-0.3, -0.25) is 18.7 Å². The molecule has 0 spiro atoms. The van der Waals surface area contributed by atoms with Gasteiger partial charge < -0.3 is 10.2 Å². The maximum Gasteiger partial charge on any atom is 0.244 e. The molecule has 2 aromatic rings. The molecule has 1 atom stereocenters. The van der Waals surface area contributed by atoms with Crippen molar-refractivity contribution in [2.45, 2.75) is 71.0 Å². The zero-order chi connectivity index (χ0) is 27.9. The van der Waals surface area contributed by atoms with Gasteiger partial charge in [0.15, 0.2) is 5.78 Å². The number of hydrogen-bond acceptors (Lipinski definition) is 5. The Kier molecular flexibility index (Phi) is 10.0. The highest BCUT2D eigenvalue weighted by Crippen LogP contribution is 2.22. The fraction of sp³-hybridized carbons (Fsp3) is 0.464. The van der Waals surface area contributed by atoms with Crippen molar-refractivity contribution in [1.82, 2.24) is 10.2 Å². The van der Waals surface area contributed by atoms with Gasteiger partial charge in [0, 0.05) is 18.2 Å². The summed E-state index contributed by atoms with van der Waals surface area (Å²) < 4.78 is 40.0. The van der Waals surface area contributed by atoms with Crippen molar-refractivity contribution >= 4 is 33.3 Å². The molecule has 38 heavy (non-hydrogen) atoms. The molecule has 1 aliphatic rings. The lowest BCUT2D eigenvalue weighted by atomic mass is 9.95. The number of benzene rings is 2. The first-order valence-corrected chi connectivity index (χ1v) is 14.8. The SMILES string of the molecule is CC[C@H](C(=O)NC1CCCCC1)N(Cc1ccc(F)cc1)C(=O)CN(c1cccc(C(C)=O)c1)S(C)(=O)=O. The third-order valence-electron chi connectivity index (χ3n) is 6.82. The molecule has 1 N–H and O–H groups in total. The number of halogens is 1. The number of anilines is 1. The topological polar surface area (TPSA) is 104 Å². The van der Waals surface area contributed by atoms with E-state index in [2.05, 4.69) is 5.32 Å². The zero-order valence-corrected chi connectivity index (χ0v) is 23.0. The molecule has 0 bridgehead atoms. The Bertz CT molecular complexity index is 1240. The number of rotatable bonds is 11. The van der Waals surface area contributed by atoms with Crippen molar-refractivity contribution < 1.29 is 27.2 Å². The molecule has 0 aromatic heterocycles. The van der Waals surface area contributed by atoms with E-state index in [1.165, 1.54) is 48.2 Å². The molecule has 1 fully saturated rings. The minimum atomic E-state index is -3.92. The largest absolute Gasteiger partial charge is 0.352 e. The van der Waals surface area contributed by atoms with Gasteiger partial charge in [-0.2, -0.15) is 0 Å². The van der Waals surface area contributed by atoms with Crippen LogP contribution in [0.15, 0.2) is 48.5 Å². The van der Waals surface area contributed by atoms with E-state index in [1.54, 1.807) is 19.1 Å². The Morgan fingerprint density at radius 1 is 1.05 bits per heavy atom. The first-order chi connectivity index (χ1) is 18.0. The standard InChI is InChI=1S/C28H36FN3O5S/c1-4-26(28(35)30-24-10-6-5-7-11-24)31(18-21-13-15-23(29)16-14-21)27(34)19-32(38(3,36)37)25-12-8-9-22(17-25)20(2)33/h8-9,12-17,24,26H,4-7,10-11,18-19H2,1-3H3,(H,30,35)/t26-/m1/s1. The number of nitrogens with zero attached hydrogens (tertiary/aromatic N) is 2. The van der Waals surface area contributed by atoms with Gasteiger partial charge in [0.1, 0.15) is 18.4 Å². The van der Waals surface area contributed by atoms with Crippen molar-refractivity contribution in [3.05, 3.63) is 65.5 Å². The van der Waals surface area contributed by atoms with Gasteiger partial charge in [-0.1, -0.05) is 50.5 Å². The highest BCUT2D eigenvalue weighted by molar-refractivity contribution is 7.92. The summed E-state index contributed by atoms with van der Waals surface area (Å²) in [5, 5.41) is 3.07. The van der Waals surface area contributed by atoms with E-state index in [9.17, 15) is 27.2 Å². The number of carbonyl (C=O) groups excluding carboxylic acids is 3. The summed E-state index contributed by atoms with van der Waals surface area (Å²) in [5.41, 5.74) is 1.09. The van der Waals surface area contributed by atoms with E-state index >= 15 is 0 Å². The van der Waals surface area contributed by atoms with Crippen molar-refractivity contribution in [3.8, 4) is 0 Å². The lowest BCUT2D eigenvalue weighted by Crippen LogP contribution is -2.53. The summed E-state index contributed by atoms with van der Waals surface area (Å²) in [6.45, 7) is 2.60. The fourth-order valence-electron chi connectivity index (χ4n) is 4.74. The van der Waals surface area contributed by atoms with E-state index < -0.39 is 34.3 Å². The molecule has 0 radical (unpaired) electrons. The maximum atomic E-state index is 13.8. The van der Waals surface area contributed by atoms with Gasteiger partial charge in [0.25, 0.3) is 0 Å². The molecular formula is C28H36FN3O5S. The van der Waals surface area contributed by atoms with Crippen LogP contribution in [0, 0.1) is 5.82 Å². The van der Waals surface area contributed by atoms with Crippen molar-refractivity contribution in [2.75, 3.05) is 17.1 Å². The van der Waals surface area contributed by atoms with Crippen LogP contribution in [-0.4, -0.2) is 55.8 Å². The quantitative estimate of drug-likeness (QED) is 0.429. The number of Topliss-reactive ketones (excluding diaryl/α,β-unsaturated/α-hetero) is 1. The Hall–Kier alpha value is -3.27. The van der Waals surface area contributed by atoms with E-state index in [0.717, 1.165) is 42.7 Å². The van der Waals surface area contributed by atoms with Crippen LogP contribution in [0.25, 0.3) is 0 Å². The van der Waals surface area contributed by atoms with Crippen molar-refractivity contribution in [2.24, 2.45) is 0 Å². The van der Waals surface area contributed by atoms with E-state index in [0.29, 0.717) is 17.5 Å². The average Bonchev–Trinajstić information content (AvgIpc) is 2.88. The van der Waals surface area contributed by atoms with Gasteiger partial charge in [0.05, 0.1) is 11.9 Å². The Balaban J connectivity index is 1.93. The van der Waals surface area contributed by atoms with Gasteiger partial charge in [-0.05, 0) is 56.0 Å². The second-order valence-electron chi connectivity index (χ2n) is 9.79. The summed E-state index contributed by atoms with van der Waals surface area (Å²) in [7, 11) is -3.92. The predicted molar refractivity (Wildman–Crippen MR) is 145 cm³/mol. The van der Waals surface area contributed by atoms with Crippen LogP contribution >= 0.6 is 0 Å². The van der Waals surface area contributed by atoms with Crippen molar-refractivity contribution in [3.63, 3.8) is 0 Å². The summed E-state index contributed by atoms with van der Waals surface area (Å²) in [6.07, 6.45) is 6.24.